The number of nitrogens with zero attached hydrogens (tertiary/aromatic N) is 1. The Morgan fingerprint density at radius 3 is 2.58 bits per heavy atom. The van der Waals surface area contributed by atoms with Gasteiger partial charge in [0.15, 0.2) is 11.4 Å². The molecule has 0 aliphatic heterocycles. The van der Waals surface area contributed by atoms with Gasteiger partial charge in [-0.25, -0.2) is 0 Å². The normalized spacial score (nSPS) is 11.4. The van der Waals surface area contributed by atoms with Crippen molar-refractivity contribution in [3.05, 3.63) is 39.9 Å². The molecule has 0 amide bonds. The van der Waals surface area contributed by atoms with Gasteiger partial charge in [-0.2, -0.15) is 18.2 Å². The maximum absolute atomic E-state index is 12.7. The largest absolute Gasteiger partial charge is 0.430 e. The highest BCUT2D eigenvalue weighted by Crippen LogP contribution is 2.39. The Hall–Kier alpha value is -1.60. The lowest BCUT2D eigenvalue weighted by Crippen LogP contribution is -2.06. The van der Waals surface area contributed by atoms with Crippen molar-refractivity contribution in [1.29, 1.82) is 0 Å². The first kappa shape index (κ1) is 13.8. The Kier molecular flexibility index (Phi) is 3.77. The monoisotopic (exact) mass is 307 g/mol. The fourth-order valence-corrected chi connectivity index (χ4v) is 2.22. The Morgan fingerprint density at radius 1 is 1.32 bits per heavy atom. The van der Waals surface area contributed by atoms with Gasteiger partial charge in [0.25, 0.3) is 5.19 Å². The number of rotatable bonds is 3. The van der Waals surface area contributed by atoms with Crippen molar-refractivity contribution in [2.75, 3.05) is 0 Å². The fraction of sp³-hybridized carbons (Fsp3) is 0.0909. The molecule has 3 nitrogen and oxygen atoms in total. The lowest BCUT2D eigenvalue weighted by Gasteiger charge is -2.11. The summed E-state index contributed by atoms with van der Waals surface area (Å²) in [6.45, 7) is 0. The number of halogens is 4. The lowest BCUT2D eigenvalue weighted by molar-refractivity contribution is -0.138. The van der Waals surface area contributed by atoms with E-state index in [1.165, 1.54) is 18.2 Å². The number of alkyl halides is 3. The molecule has 0 aliphatic carbocycles. The van der Waals surface area contributed by atoms with Gasteiger partial charge < -0.3 is 4.74 Å². The third kappa shape index (κ3) is 3.05. The van der Waals surface area contributed by atoms with Crippen LogP contribution in [-0.4, -0.2) is 11.3 Å². The summed E-state index contributed by atoms with van der Waals surface area (Å²) in [6, 6.07) is 4.71. The summed E-state index contributed by atoms with van der Waals surface area (Å²) in [4.78, 5) is 14.3. The highest BCUT2D eigenvalue weighted by atomic mass is 35.5. The summed E-state index contributed by atoms with van der Waals surface area (Å²) in [5.74, 6) is -0.391. The second-order valence-electron chi connectivity index (χ2n) is 3.35. The summed E-state index contributed by atoms with van der Waals surface area (Å²) in [5, 5.41) is -0.219. The van der Waals surface area contributed by atoms with E-state index in [1.807, 2.05) is 0 Å². The number of carbonyl (C=O) groups is 1. The highest BCUT2D eigenvalue weighted by Gasteiger charge is 2.34. The quantitative estimate of drug-likeness (QED) is 0.788. The summed E-state index contributed by atoms with van der Waals surface area (Å²) >= 11 is 6.38. The van der Waals surface area contributed by atoms with Crippen molar-refractivity contribution in [1.82, 2.24) is 4.98 Å². The minimum Gasteiger partial charge on any atom is -0.430 e. The second kappa shape index (κ2) is 5.18. The van der Waals surface area contributed by atoms with E-state index in [-0.39, 0.29) is 15.2 Å². The molecule has 0 fully saturated rings. The van der Waals surface area contributed by atoms with E-state index in [1.54, 1.807) is 0 Å². The van der Waals surface area contributed by atoms with Crippen LogP contribution in [0, 0.1) is 0 Å². The van der Waals surface area contributed by atoms with Gasteiger partial charge in [0.05, 0.1) is 5.56 Å². The first-order chi connectivity index (χ1) is 8.91. The predicted molar refractivity (Wildman–Crippen MR) is 64.0 cm³/mol. The highest BCUT2D eigenvalue weighted by molar-refractivity contribution is 7.15. The minimum atomic E-state index is -4.54. The lowest BCUT2D eigenvalue weighted by atomic mass is 10.2. The zero-order chi connectivity index (χ0) is 14.0. The van der Waals surface area contributed by atoms with Gasteiger partial charge in [0.1, 0.15) is 10.6 Å². The van der Waals surface area contributed by atoms with Crippen LogP contribution in [0.4, 0.5) is 13.2 Å². The van der Waals surface area contributed by atoms with Crippen molar-refractivity contribution < 1.29 is 22.7 Å². The molecule has 100 valence electrons. The molecule has 8 heteroatoms. The Bertz CT molecular complexity index is 612. The average Bonchev–Trinajstić information content (AvgIpc) is 2.69. The van der Waals surface area contributed by atoms with Crippen LogP contribution < -0.4 is 4.74 Å². The molecule has 19 heavy (non-hydrogen) atoms. The molecule has 0 radical (unpaired) electrons. The number of hydrogen-bond donors (Lipinski definition) is 0. The molecule has 0 spiro atoms. The van der Waals surface area contributed by atoms with Crippen LogP contribution in [0.5, 0.6) is 10.9 Å². The second-order valence-corrected chi connectivity index (χ2v) is 4.70. The van der Waals surface area contributed by atoms with E-state index >= 15 is 0 Å². The molecule has 0 unspecified atom stereocenters. The van der Waals surface area contributed by atoms with Gasteiger partial charge >= 0.3 is 6.18 Å². The van der Waals surface area contributed by atoms with Crippen LogP contribution >= 0.6 is 22.9 Å². The molecule has 0 saturated heterocycles. The molecular formula is C11H5ClF3NO2S. The van der Waals surface area contributed by atoms with Gasteiger partial charge in [0.2, 0.25) is 0 Å². The molecule has 2 aromatic rings. The Balaban J connectivity index is 2.35. The number of para-hydroxylation sites is 1. The number of ether oxygens (including phenoxy) is 1. The molecule has 0 N–H and O–H groups in total. The van der Waals surface area contributed by atoms with Crippen LogP contribution in [0.3, 0.4) is 0 Å². The summed E-state index contributed by atoms with van der Waals surface area (Å²) in [5.41, 5.74) is -0.922. The molecule has 2 rings (SSSR count). The third-order valence-electron chi connectivity index (χ3n) is 2.09. The Labute approximate surface area is 114 Å². The summed E-state index contributed by atoms with van der Waals surface area (Å²) in [7, 11) is 0. The van der Waals surface area contributed by atoms with Crippen molar-refractivity contribution in [2.24, 2.45) is 0 Å². The van der Waals surface area contributed by atoms with Crippen molar-refractivity contribution in [3.63, 3.8) is 0 Å². The zero-order valence-electron chi connectivity index (χ0n) is 9.07. The molecule has 1 aromatic heterocycles. The van der Waals surface area contributed by atoms with Gasteiger partial charge in [-0.1, -0.05) is 35.1 Å². The number of aromatic nitrogens is 1. The average molecular weight is 308 g/mol. The predicted octanol–water partition coefficient (Wildman–Crippen LogP) is 4.42. The van der Waals surface area contributed by atoms with Gasteiger partial charge in [-0.3, -0.25) is 4.79 Å². The van der Waals surface area contributed by atoms with E-state index in [2.05, 4.69) is 4.98 Å². The molecule has 0 bridgehead atoms. The van der Waals surface area contributed by atoms with E-state index in [0.717, 1.165) is 17.4 Å². The van der Waals surface area contributed by atoms with E-state index in [9.17, 15) is 18.0 Å². The van der Waals surface area contributed by atoms with Crippen molar-refractivity contribution in [3.8, 4) is 10.9 Å². The zero-order valence-corrected chi connectivity index (χ0v) is 10.6. The SMILES string of the molecule is O=Cc1sc(Oc2ccccc2C(F)(F)F)nc1Cl. The van der Waals surface area contributed by atoms with Crippen LogP contribution in [-0.2, 0) is 6.18 Å². The topological polar surface area (TPSA) is 39.2 Å². The number of aldehydes is 1. The maximum Gasteiger partial charge on any atom is 0.419 e. The van der Waals surface area contributed by atoms with Gasteiger partial charge in [0, 0.05) is 0 Å². The van der Waals surface area contributed by atoms with Crippen molar-refractivity contribution in [2.45, 2.75) is 6.18 Å². The fourth-order valence-electron chi connectivity index (χ4n) is 1.29. The smallest absolute Gasteiger partial charge is 0.419 e. The standard InChI is InChI=1S/C11H5ClF3NO2S/c12-9-8(5-17)19-10(16-9)18-7-4-2-1-3-6(7)11(13,14)15/h1-5H. The minimum absolute atomic E-state index is 0.0977. The van der Waals surface area contributed by atoms with Crippen LogP contribution in [0.1, 0.15) is 15.2 Å². The molecule has 0 saturated carbocycles. The third-order valence-corrected chi connectivity index (χ3v) is 3.35. The van der Waals surface area contributed by atoms with Crippen molar-refractivity contribution >= 4 is 29.2 Å². The Morgan fingerprint density at radius 2 is 2.00 bits per heavy atom. The van der Waals surface area contributed by atoms with E-state index in [4.69, 9.17) is 16.3 Å². The molecule has 0 aliphatic rings. The van der Waals surface area contributed by atoms with Crippen LogP contribution in [0.2, 0.25) is 5.15 Å². The van der Waals surface area contributed by atoms with E-state index in [0.29, 0.717) is 6.29 Å². The number of carbonyl (C=O) groups excluding carboxylic acids is 1. The summed E-state index contributed by atoms with van der Waals surface area (Å²) in [6.07, 6.45) is -4.08. The summed E-state index contributed by atoms with van der Waals surface area (Å²) < 4.78 is 43.2. The molecule has 1 heterocycles. The maximum atomic E-state index is 12.7. The first-order valence-electron chi connectivity index (χ1n) is 4.87. The number of hydrogen-bond acceptors (Lipinski definition) is 4. The van der Waals surface area contributed by atoms with Gasteiger partial charge in [-0.15, -0.1) is 0 Å². The molecule has 1 aromatic carbocycles. The van der Waals surface area contributed by atoms with Crippen LogP contribution in [0.15, 0.2) is 24.3 Å². The first-order valence-corrected chi connectivity index (χ1v) is 6.07. The van der Waals surface area contributed by atoms with Crippen LogP contribution in [0.25, 0.3) is 0 Å². The molecular weight excluding hydrogens is 303 g/mol. The molecule has 0 atom stereocenters. The number of benzene rings is 1. The van der Waals surface area contributed by atoms with Gasteiger partial charge in [-0.05, 0) is 12.1 Å². The van der Waals surface area contributed by atoms with E-state index < -0.39 is 17.5 Å². The number of thiazole rings is 1.